The molecule has 0 aliphatic heterocycles. The fourth-order valence-electron chi connectivity index (χ4n) is 0.892. The molecular formula is C9H13BrN2. The molecule has 0 aliphatic rings. The second-order valence-electron chi connectivity index (χ2n) is 3.02. The maximum absolute atomic E-state index is 4.28. The van der Waals surface area contributed by atoms with Gasteiger partial charge in [0.15, 0.2) is 0 Å². The van der Waals surface area contributed by atoms with Crippen molar-refractivity contribution in [1.82, 2.24) is 9.88 Å². The van der Waals surface area contributed by atoms with Crippen LogP contribution >= 0.6 is 15.9 Å². The van der Waals surface area contributed by atoms with Crippen molar-refractivity contribution in [3.05, 3.63) is 28.5 Å². The molecule has 1 rings (SSSR count). The number of hydrogen-bond acceptors (Lipinski definition) is 2. The van der Waals surface area contributed by atoms with Crippen LogP contribution in [-0.2, 0) is 6.42 Å². The summed E-state index contributed by atoms with van der Waals surface area (Å²) in [5, 5.41) is 0. The van der Waals surface area contributed by atoms with Gasteiger partial charge >= 0.3 is 0 Å². The number of pyridine rings is 1. The van der Waals surface area contributed by atoms with Crippen molar-refractivity contribution in [1.29, 1.82) is 0 Å². The Bertz CT molecular complexity index is 231. The van der Waals surface area contributed by atoms with Crippen molar-refractivity contribution < 1.29 is 0 Å². The maximum atomic E-state index is 4.28. The van der Waals surface area contributed by atoms with Crippen molar-refractivity contribution in [2.24, 2.45) is 0 Å². The van der Waals surface area contributed by atoms with Crippen LogP contribution in [0.4, 0.5) is 0 Å². The summed E-state index contributed by atoms with van der Waals surface area (Å²) in [6.07, 6.45) is 2.85. The van der Waals surface area contributed by atoms with Gasteiger partial charge in [0.05, 0.1) is 0 Å². The molecule has 66 valence electrons. The van der Waals surface area contributed by atoms with E-state index in [9.17, 15) is 0 Å². The van der Waals surface area contributed by atoms with E-state index in [2.05, 4.69) is 39.9 Å². The summed E-state index contributed by atoms with van der Waals surface area (Å²) in [5.41, 5.74) is 1.15. The van der Waals surface area contributed by atoms with Gasteiger partial charge in [-0.05, 0) is 42.2 Å². The third-order valence-electron chi connectivity index (χ3n) is 1.60. The van der Waals surface area contributed by atoms with Crippen molar-refractivity contribution in [2.45, 2.75) is 6.42 Å². The van der Waals surface area contributed by atoms with Crippen molar-refractivity contribution in [3.63, 3.8) is 0 Å². The lowest BCUT2D eigenvalue weighted by atomic mass is 10.3. The highest BCUT2D eigenvalue weighted by atomic mass is 79.9. The summed E-state index contributed by atoms with van der Waals surface area (Å²) >= 11 is 3.35. The Balaban J connectivity index is 2.48. The Hall–Kier alpha value is -0.410. The van der Waals surface area contributed by atoms with Crippen LogP contribution in [0.25, 0.3) is 0 Å². The quantitative estimate of drug-likeness (QED) is 0.787. The Morgan fingerprint density at radius 3 is 2.67 bits per heavy atom. The molecule has 0 saturated heterocycles. The minimum atomic E-state index is 1.01. The van der Waals surface area contributed by atoms with Gasteiger partial charge in [0.25, 0.3) is 0 Å². The molecule has 0 spiro atoms. The molecule has 0 N–H and O–H groups in total. The molecule has 0 fully saturated rings. The summed E-state index contributed by atoms with van der Waals surface area (Å²) in [7, 11) is 4.14. The molecule has 0 atom stereocenters. The van der Waals surface area contributed by atoms with Crippen molar-refractivity contribution in [3.8, 4) is 0 Å². The average Bonchev–Trinajstić information content (AvgIpc) is 2.03. The van der Waals surface area contributed by atoms with E-state index >= 15 is 0 Å². The van der Waals surface area contributed by atoms with Crippen LogP contribution < -0.4 is 0 Å². The van der Waals surface area contributed by atoms with E-state index < -0.39 is 0 Å². The van der Waals surface area contributed by atoms with Gasteiger partial charge in [0.1, 0.15) is 0 Å². The molecule has 0 amide bonds. The molecule has 2 nitrogen and oxygen atoms in total. The number of hydrogen-bond donors (Lipinski definition) is 0. The monoisotopic (exact) mass is 228 g/mol. The van der Waals surface area contributed by atoms with E-state index in [1.807, 2.05) is 18.3 Å². The van der Waals surface area contributed by atoms with Gasteiger partial charge in [-0.2, -0.15) is 0 Å². The molecule has 0 aromatic carbocycles. The lowest BCUT2D eigenvalue weighted by Gasteiger charge is -2.07. The number of nitrogens with zero attached hydrogens (tertiary/aromatic N) is 2. The Kier molecular flexibility index (Phi) is 3.69. The largest absolute Gasteiger partial charge is 0.309 e. The minimum absolute atomic E-state index is 1.01. The van der Waals surface area contributed by atoms with E-state index in [4.69, 9.17) is 0 Å². The zero-order valence-corrected chi connectivity index (χ0v) is 9.00. The van der Waals surface area contributed by atoms with Crippen molar-refractivity contribution in [2.75, 3.05) is 20.6 Å². The van der Waals surface area contributed by atoms with Crippen LogP contribution in [0.5, 0.6) is 0 Å². The van der Waals surface area contributed by atoms with Gasteiger partial charge in [-0.25, -0.2) is 0 Å². The number of halogens is 1. The predicted octanol–water partition coefficient (Wildman–Crippen LogP) is 1.95. The summed E-state index contributed by atoms with van der Waals surface area (Å²) in [4.78, 5) is 6.43. The number of likely N-dealkylation sites (N-methyl/N-ethyl adjacent to an activating group) is 1. The first-order chi connectivity index (χ1) is 5.68. The highest BCUT2D eigenvalue weighted by Crippen LogP contribution is 2.07. The summed E-state index contributed by atoms with van der Waals surface area (Å²) in [5.74, 6) is 0. The molecule has 0 unspecified atom stereocenters. The van der Waals surface area contributed by atoms with E-state index in [1.54, 1.807) is 0 Å². The molecule has 3 heteroatoms. The first kappa shape index (κ1) is 9.68. The average molecular weight is 229 g/mol. The van der Waals surface area contributed by atoms with Crippen LogP contribution in [0.2, 0.25) is 0 Å². The van der Waals surface area contributed by atoms with E-state index in [1.165, 1.54) is 0 Å². The lowest BCUT2D eigenvalue weighted by Crippen LogP contribution is -2.15. The molecule has 1 aromatic heterocycles. The highest BCUT2D eigenvalue weighted by Gasteiger charge is 1.95. The normalized spacial score (nSPS) is 10.7. The topological polar surface area (TPSA) is 16.1 Å². The SMILES string of the molecule is CN(C)CCc1ccc(Br)cn1. The van der Waals surface area contributed by atoms with Gasteiger partial charge in [0, 0.05) is 29.3 Å². The molecule has 0 aliphatic carbocycles. The minimum Gasteiger partial charge on any atom is -0.309 e. The standard InChI is InChI=1S/C9H13BrN2/c1-12(2)6-5-9-4-3-8(10)7-11-9/h3-4,7H,5-6H2,1-2H3. The van der Waals surface area contributed by atoms with Gasteiger partial charge in [-0.15, -0.1) is 0 Å². The molecule has 0 bridgehead atoms. The molecular weight excluding hydrogens is 216 g/mol. The zero-order chi connectivity index (χ0) is 8.97. The van der Waals surface area contributed by atoms with Gasteiger partial charge in [0.2, 0.25) is 0 Å². The lowest BCUT2D eigenvalue weighted by molar-refractivity contribution is 0.412. The summed E-state index contributed by atoms with van der Waals surface area (Å²) in [6.45, 7) is 1.05. The Morgan fingerprint density at radius 2 is 2.17 bits per heavy atom. The fourth-order valence-corrected chi connectivity index (χ4v) is 1.13. The predicted molar refractivity (Wildman–Crippen MR) is 54.2 cm³/mol. The van der Waals surface area contributed by atoms with Gasteiger partial charge in [-0.1, -0.05) is 0 Å². The van der Waals surface area contributed by atoms with E-state index in [0.717, 1.165) is 23.1 Å². The van der Waals surface area contributed by atoms with Crippen LogP contribution in [0.1, 0.15) is 5.69 Å². The first-order valence-electron chi connectivity index (χ1n) is 3.93. The molecule has 1 aromatic rings. The van der Waals surface area contributed by atoms with Crippen LogP contribution in [0, 0.1) is 0 Å². The molecule has 12 heavy (non-hydrogen) atoms. The van der Waals surface area contributed by atoms with Gasteiger partial charge < -0.3 is 4.90 Å². The van der Waals surface area contributed by atoms with Crippen LogP contribution in [-0.4, -0.2) is 30.5 Å². The second-order valence-corrected chi connectivity index (χ2v) is 3.94. The van der Waals surface area contributed by atoms with Crippen molar-refractivity contribution >= 4 is 15.9 Å². The zero-order valence-electron chi connectivity index (χ0n) is 7.42. The molecule has 0 radical (unpaired) electrons. The third kappa shape index (κ3) is 3.32. The van der Waals surface area contributed by atoms with Gasteiger partial charge in [-0.3, -0.25) is 4.98 Å². The Morgan fingerprint density at radius 1 is 1.42 bits per heavy atom. The third-order valence-corrected chi connectivity index (χ3v) is 2.07. The molecule has 0 saturated carbocycles. The summed E-state index contributed by atoms with van der Waals surface area (Å²) < 4.78 is 1.04. The number of aromatic nitrogens is 1. The Labute approximate surface area is 81.7 Å². The van der Waals surface area contributed by atoms with E-state index in [0.29, 0.717) is 0 Å². The maximum Gasteiger partial charge on any atom is 0.0417 e. The first-order valence-corrected chi connectivity index (χ1v) is 4.73. The second kappa shape index (κ2) is 4.58. The van der Waals surface area contributed by atoms with Crippen LogP contribution in [0.3, 0.4) is 0 Å². The fraction of sp³-hybridized carbons (Fsp3) is 0.444. The smallest absolute Gasteiger partial charge is 0.0417 e. The van der Waals surface area contributed by atoms with E-state index in [-0.39, 0.29) is 0 Å². The summed E-state index contributed by atoms with van der Waals surface area (Å²) in [6, 6.07) is 4.07. The highest BCUT2D eigenvalue weighted by molar-refractivity contribution is 9.10. The van der Waals surface area contributed by atoms with Crippen LogP contribution in [0.15, 0.2) is 22.8 Å². The molecule has 1 heterocycles. The number of rotatable bonds is 3.